The minimum absolute atomic E-state index is 0.630. The number of nitrogens with zero attached hydrogens (tertiary/aromatic N) is 2. The van der Waals surface area contributed by atoms with Gasteiger partial charge < -0.3 is 4.90 Å². The van der Waals surface area contributed by atoms with Gasteiger partial charge in [-0.15, -0.1) is 0 Å². The van der Waals surface area contributed by atoms with Gasteiger partial charge >= 0.3 is 0 Å². The lowest BCUT2D eigenvalue weighted by Crippen LogP contribution is -2.41. The molecule has 3 heteroatoms. The lowest BCUT2D eigenvalue weighted by Gasteiger charge is -2.45. The van der Waals surface area contributed by atoms with Gasteiger partial charge in [0.15, 0.2) is 6.29 Å². The lowest BCUT2D eigenvalue weighted by atomic mass is 9.68. The van der Waals surface area contributed by atoms with Crippen LogP contribution in [0.2, 0.25) is 0 Å². The summed E-state index contributed by atoms with van der Waals surface area (Å²) < 4.78 is 0. The maximum absolute atomic E-state index is 10.8. The van der Waals surface area contributed by atoms with Crippen LogP contribution >= 0.6 is 0 Å². The highest BCUT2D eigenvalue weighted by molar-refractivity contribution is 5.75. The Morgan fingerprint density at radius 1 is 1.15 bits per heavy atom. The zero-order valence-electron chi connectivity index (χ0n) is 12.4. The number of aldehydes is 1. The molecule has 2 fully saturated rings. The lowest BCUT2D eigenvalue weighted by molar-refractivity contribution is 0.112. The number of rotatable bonds is 2. The standard InChI is InChI=1S/C17H24N2O/c1-14-11-15(13-20)12-18-16(14)19-9-7-17(8-10-19)5-3-2-4-6-17/h11-13H,2-10H2,1H3. The molecular weight excluding hydrogens is 248 g/mol. The molecule has 1 aliphatic heterocycles. The van der Waals surface area contributed by atoms with Crippen molar-refractivity contribution in [2.45, 2.75) is 51.9 Å². The van der Waals surface area contributed by atoms with Gasteiger partial charge in [0.1, 0.15) is 5.82 Å². The average Bonchev–Trinajstić information content (AvgIpc) is 2.49. The van der Waals surface area contributed by atoms with E-state index in [9.17, 15) is 4.79 Å². The highest BCUT2D eigenvalue weighted by Crippen LogP contribution is 2.45. The first-order chi connectivity index (χ1) is 9.72. The highest BCUT2D eigenvalue weighted by atomic mass is 16.1. The van der Waals surface area contributed by atoms with E-state index in [2.05, 4.69) is 16.8 Å². The van der Waals surface area contributed by atoms with E-state index in [1.807, 2.05) is 6.07 Å². The van der Waals surface area contributed by atoms with Gasteiger partial charge in [-0.1, -0.05) is 19.3 Å². The number of pyridine rings is 1. The van der Waals surface area contributed by atoms with Crippen molar-refractivity contribution in [1.82, 2.24) is 4.98 Å². The largest absolute Gasteiger partial charge is 0.356 e. The first kappa shape index (κ1) is 13.6. The Labute approximate surface area is 121 Å². The zero-order chi connectivity index (χ0) is 14.0. The monoisotopic (exact) mass is 272 g/mol. The van der Waals surface area contributed by atoms with Gasteiger partial charge in [-0.3, -0.25) is 4.79 Å². The predicted molar refractivity (Wildman–Crippen MR) is 81.3 cm³/mol. The summed E-state index contributed by atoms with van der Waals surface area (Å²) in [5.41, 5.74) is 2.42. The van der Waals surface area contributed by atoms with Crippen LogP contribution in [-0.4, -0.2) is 24.4 Å². The van der Waals surface area contributed by atoms with E-state index in [1.54, 1.807) is 6.20 Å². The van der Waals surface area contributed by atoms with Crippen molar-refractivity contribution in [3.8, 4) is 0 Å². The van der Waals surface area contributed by atoms with Crippen LogP contribution in [0.1, 0.15) is 60.9 Å². The molecule has 0 atom stereocenters. The normalized spacial score (nSPS) is 21.9. The van der Waals surface area contributed by atoms with Gasteiger partial charge in [-0.25, -0.2) is 4.98 Å². The van der Waals surface area contributed by atoms with Crippen LogP contribution in [0, 0.1) is 12.3 Å². The van der Waals surface area contributed by atoms with E-state index in [-0.39, 0.29) is 0 Å². The second kappa shape index (κ2) is 5.55. The van der Waals surface area contributed by atoms with Gasteiger partial charge in [-0.2, -0.15) is 0 Å². The molecule has 0 radical (unpaired) electrons. The van der Waals surface area contributed by atoms with Gasteiger partial charge in [0.25, 0.3) is 0 Å². The number of aryl methyl sites for hydroxylation is 1. The number of carbonyl (C=O) groups excluding carboxylic acids is 1. The van der Waals surface area contributed by atoms with Crippen LogP contribution in [-0.2, 0) is 0 Å². The summed E-state index contributed by atoms with van der Waals surface area (Å²) in [6.45, 7) is 4.29. The number of hydrogen-bond acceptors (Lipinski definition) is 3. The number of carbonyl (C=O) groups is 1. The van der Waals surface area contributed by atoms with Gasteiger partial charge in [0.05, 0.1) is 0 Å². The van der Waals surface area contributed by atoms with E-state index >= 15 is 0 Å². The second-order valence-electron chi connectivity index (χ2n) is 6.57. The molecule has 1 saturated carbocycles. The molecule has 0 unspecified atom stereocenters. The molecule has 0 N–H and O–H groups in total. The van der Waals surface area contributed by atoms with Gasteiger partial charge in [0, 0.05) is 24.8 Å². The fourth-order valence-electron chi connectivity index (χ4n) is 3.98. The number of aromatic nitrogens is 1. The van der Waals surface area contributed by atoms with Crippen molar-refractivity contribution in [3.05, 3.63) is 23.4 Å². The summed E-state index contributed by atoms with van der Waals surface area (Å²) in [5.74, 6) is 1.07. The highest BCUT2D eigenvalue weighted by Gasteiger charge is 2.35. The third-order valence-electron chi connectivity index (χ3n) is 5.25. The third kappa shape index (κ3) is 2.58. The fourth-order valence-corrected chi connectivity index (χ4v) is 3.98. The summed E-state index contributed by atoms with van der Waals surface area (Å²) in [5, 5.41) is 0. The average molecular weight is 272 g/mol. The molecule has 2 heterocycles. The van der Waals surface area contributed by atoms with Crippen molar-refractivity contribution in [2.75, 3.05) is 18.0 Å². The summed E-state index contributed by atoms with van der Waals surface area (Å²) in [4.78, 5) is 17.7. The predicted octanol–water partition coefficient (Wildman–Crippen LogP) is 3.75. The molecule has 108 valence electrons. The van der Waals surface area contributed by atoms with E-state index in [0.717, 1.165) is 30.8 Å². The molecule has 1 saturated heterocycles. The van der Waals surface area contributed by atoms with Crippen LogP contribution < -0.4 is 4.90 Å². The van der Waals surface area contributed by atoms with Gasteiger partial charge in [-0.05, 0) is 49.7 Å². The maximum atomic E-state index is 10.8. The van der Waals surface area contributed by atoms with Crippen molar-refractivity contribution in [1.29, 1.82) is 0 Å². The topological polar surface area (TPSA) is 33.2 Å². The van der Waals surface area contributed by atoms with Crippen LogP contribution in [0.25, 0.3) is 0 Å². The van der Waals surface area contributed by atoms with Crippen LogP contribution in [0.15, 0.2) is 12.3 Å². The summed E-state index contributed by atoms with van der Waals surface area (Å²) >= 11 is 0. The Morgan fingerprint density at radius 3 is 2.45 bits per heavy atom. The molecule has 0 bridgehead atoms. The molecule has 3 rings (SSSR count). The minimum atomic E-state index is 0.630. The number of anilines is 1. The van der Waals surface area contributed by atoms with Crippen molar-refractivity contribution in [2.24, 2.45) is 5.41 Å². The Balaban J connectivity index is 1.70. The Morgan fingerprint density at radius 2 is 1.85 bits per heavy atom. The maximum Gasteiger partial charge on any atom is 0.151 e. The van der Waals surface area contributed by atoms with Crippen LogP contribution in [0.4, 0.5) is 5.82 Å². The Bertz CT molecular complexity index is 482. The van der Waals surface area contributed by atoms with Gasteiger partial charge in [0.2, 0.25) is 0 Å². The van der Waals surface area contributed by atoms with E-state index in [0.29, 0.717) is 11.0 Å². The molecule has 1 aliphatic carbocycles. The van der Waals surface area contributed by atoms with Crippen molar-refractivity contribution < 1.29 is 4.79 Å². The van der Waals surface area contributed by atoms with E-state index in [1.165, 1.54) is 44.9 Å². The van der Waals surface area contributed by atoms with Crippen LogP contribution in [0.5, 0.6) is 0 Å². The summed E-state index contributed by atoms with van der Waals surface area (Å²) in [6, 6.07) is 1.94. The molecule has 2 aliphatic rings. The van der Waals surface area contributed by atoms with Crippen molar-refractivity contribution in [3.63, 3.8) is 0 Å². The first-order valence-corrected chi connectivity index (χ1v) is 7.89. The molecular formula is C17H24N2O. The minimum Gasteiger partial charge on any atom is -0.356 e. The smallest absolute Gasteiger partial charge is 0.151 e. The first-order valence-electron chi connectivity index (χ1n) is 7.89. The fraction of sp³-hybridized carbons (Fsp3) is 0.647. The molecule has 20 heavy (non-hydrogen) atoms. The molecule has 1 aromatic heterocycles. The molecule has 3 nitrogen and oxygen atoms in total. The molecule has 0 amide bonds. The van der Waals surface area contributed by atoms with Crippen LogP contribution in [0.3, 0.4) is 0 Å². The summed E-state index contributed by atoms with van der Waals surface area (Å²) in [7, 11) is 0. The SMILES string of the molecule is Cc1cc(C=O)cnc1N1CCC2(CCCCC2)CC1. The van der Waals surface area contributed by atoms with E-state index < -0.39 is 0 Å². The zero-order valence-corrected chi connectivity index (χ0v) is 12.4. The molecule has 1 aromatic rings. The van der Waals surface area contributed by atoms with E-state index in [4.69, 9.17) is 0 Å². The molecule has 1 spiro atoms. The van der Waals surface area contributed by atoms with Crippen molar-refractivity contribution >= 4 is 12.1 Å². The Hall–Kier alpha value is -1.38. The Kier molecular flexibility index (Phi) is 3.77. The number of hydrogen-bond donors (Lipinski definition) is 0. The quantitative estimate of drug-likeness (QED) is 0.769. The molecule has 0 aromatic carbocycles. The third-order valence-corrected chi connectivity index (χ3v) is 5.25. The summed E-state index contributed by atoms with van der Waals surface area (Å²) in [6.07, 6.45) is 12.3. The second-order valence-corrected chi connectivity index (χ2v) is 6.57. The number of piperidine rings is 1.